The van der Waals surface area contributed by atoms with Crippen molar-refractivity contribution in [3.8, 4) is 11.5 Å². The van der Waals surface area contributed by atoms with Crippen LogP contribution in [0, 0.1) is 31.1 Å². The van der Waals surface area contributed by atoms with Gasteiger partial charge in [0, 0.05) is 64.2 Å². The average molecular weight is 1590 g/mol. The fourth-order valence-corrected chi connectivity index (χ4v) is 14.4. The Morgan fingerprint density at radius 1 is 0.518 bits per heavy atom. The Kier molecular flexibility index (Phi) is 24.6. The molecule has 4 fully saturated rings. The molecule has 0 saturated carbocycles. The predicted molar refractivity (Wildman–Crippen MR) is 422 cm³/mol. The Bertz CT molecular complexity index is 4930. The number of amides is 4. The maximum Gasteiger partial charge on any atom is 0.513 e. The molecule has 0 radical (unpaired) electrons. The molecule has 592 valence electrons. The van der Waals surface area contributed by atoms with Crippen molar-refractivity contribution in [3.05, 3.63) is 283 Å². The summed E-state index contributed by atoms with van der Waals surface area (Å²) < 4.78 is 46.2. The van der Waals surface area contributed by atoms with Crippen LogP contribution in [0.25, 0.3) is 12.2 Å². The number of nitrogens with zero attached hydrogens (tertiary/aromatic N) is 6. The number of carbonyl (C=O) groups excluding carboxylic acids is 8. The topological polar surface area (TPSA) is 353 Å². The first-order valence-corrected chi connectivity index (χ1v) is 42.5. The second-order valence-corrected chi connectivity index (χ2v) is 41.2. The smallest absolute Gasteiger partial charge is 0.451 e. The van der Waals surface area contributed by atoms with Gasteiger partial charge in [0.05, 0.1) is 38.9 Å². The Morgan fingerprint density at radius 2 is 0.877 bits per heavy atom. The lowest BCUT2D eigenvalue weighted by molar-refractivity contribution is -0.385. The first-order chi connectivity index (χ1) is 53.9. The van der Waals surface area contributed by atoms with E-state index in [0.717, 1.165) is 11.1 Å². The number of nitro benzene ring substituents is 2. The van der Waals surface area contributed by atoms with Crippen molar-refractivity contribution in [2.45, 2.75) is 141 Å². The highest BCUT2D eigenvalue weighted by Crippen LogP contribution is 2.53. The van der Waals surface area contributed by atoms with Gasteiger partial charge in [-0.3, -0.25) is 44.6 Å². The van der Waals surface area contributed by atoms with Crippen LogP contribution in [0.5, 0.6) is 11.5 Å². The SMILES string of the molecule is CC(C)(C)[Si](C)(C)ONC(=O)OC[C@]1(C)CC2/C(=C\c3cc(C(=O)NO[Si](C)(C)C(C)(C)C)ccn3)C(=O)N2[C@H]1C(=O)OC(c1ccccc1)c1ccccc1.C[C@@]1(COC(=O)Oc2ccc([N+](=O)[O-])cc2)CC2/C(=C\c3cc(C(=O)Oc4ccc([N+](=O)[O-])cc4)ccn3)C(=O)N2[C@H]1C(=O)OC(c1ccccc1)c1ccccc1. The highest BCUT2D eigenvalue weighted by molar-refractivity contribution is 6.74. The molecule has 114 heavy (non-hydrogen) atoms. The molecule has 6 atom stereocenters. The van der Waals surface area contributed by atoms with Gasteiger partial charge in [-0.25, -0.2) is 34.9 Å². The highest BCUT2D eigenvalue weighted by Gasteiger charge is 2.65. The van der Waals surface area contributed by atoms with Crippen molar-refractivity contribution in [1.29, 1.82) is 0 Å². The highest BCUT2D eigenvalue weighted by atomic mass is 28.4. The molecule has 4 aliphatic rings. The number of hydrogen-bond acceptors (Lipinski definition) is 22. The van der Waals surface area contributed by atoms with Crippen LogP contribution < -0.4 is 20.4 Å². The molecular formula is C84H88N8O20Si2. The van der Waals surface area contributed by atoms with E-state index in [-0.39, 0.29) is 75.3 Å². The minimum absolute atomic E-state index is 0.00716. The van der Waals surface area contributed by atoms with Crippen LogP contribution in [0.2, 0.25) is 36.3 Å². The van der Waals surface area contributed by atoms with Gasteiger partial charge in [-0.1, -0.05) is 177 Å². The molecule has 2 N–H and O–H groups in total. The number of ether oxygens (including phenoxy) is 6. The van der Waals surface area contributed by atoms with Crippen LogP contribution in [-0.2, 0) is 47.2 Å². The van der Waals surface area contributed by atoms with E-state index in [1.54, 1.807) is 25.1 Å². The van der Waals surface area contributed by atoms with Crippen LogP contribution >= 0.6 is 0 Å². The molecule has 6 aromatic carbocycles. The summed E-state index contributed by atoms with van der Waals surface area (Å²) in [4.78, 5) is 141. The number of hydroxylamine groups is 2. The lowest BCUT2D eigenvalue weighted by Crippen LogP contribution is -2.58. The third-order valence-corrected chi connectivity index (χ3v) is 29.9. The van der Waals surface area contributed by atoms with E-state index in [9.17, 15) is 58.6 Å². The lowest BCUT2D eigenvalue weighted by Gasteiger charge is -2.41. The summed E-state index contributed by atoms with van der Waals surface area (Å²) in [6.45, 7) is 23.4. The molecule has 2 unspecified atom stereocenters. The molecule has 6 heterocycles. The molecule has 12 rings (SSSR count). The fraction of sp³-hybridized carbons (Fsp3) is 0.310. The number of benzene rings is 6. The van der Waals surface area contributed by atoms with Gasteiger partial charge in [0.15, 0.2) is 12.2 Å². The van der Waals surface area contributed by atoms with E-state index in [2.05, 4.69) is 62.5 Å². The van der Waals surface area contributed by atoms with Crippen molar-refractivity contribution < 1.29 is 85.7 Å². The zero-order chi connectivity index (χ0) is 82.2. The molecular weight excluding hydrogens is 1500 g/mol. The van der Waals surface area contributed by atoms with Crippen molar-refractivity contribution in [1.82, 2.24) is 30.7 Å². The molecule has 30 heteroatoms. The van der Waals surface area contributed by atoms with Crippen LogP contribution in [0.15, 0.2) is 218 Å². The number of esters is 3. The van der Waals surface area contributed by atoms with Crippen molar-refractivity contribution in [2.75, 3.05) is 13.2 Å². The summed E-state index contributed by atoms with van der Waals surface area (Å²) in [6.07, 6.45) is 2.93. The first kappa shape index (κ1) is 82.6. The number of β-lactam (4-membered cyclic amide) rings is 2. The maximum absolute atomic E-state index is 14.5. The van der Waals surface area contributed by atoms with E-state index in [1.165, 1.54) is 88.9 Å². The predicted octanol–water partition coefficient (Wildman–Crippen LogP) is 15.2. The van der Waals surface area contributed by atoms with Crippen LogP contribution in [0.4, 0.5) is 21.0 Å². The maximum atomic E-state index is 14.5. The normalized spacial score (nSPS) is 19.7. The van der Waals surface area contributed by atoms with Gasteiger partial charge in [-0.2, -0.15) is 0 Å². The zero-order valence-corrected chi connectivity index (χ0v) is 66.9. The number of pyridine rings is 2. The minimum Gasteiger partial charge on any atom is -0.451 e. The van der Waals surface area contributed by atoms with Gasteiger partial charge >= 0.3 is 30.2 Å². The van der Waals surface area contributed by atoms with Gasteiger partial charge in [-0.15, -0.1) is 0 Å². The summed E-state index contributed by atoms with van der Waals surface area (Å²) in [6, 6.07) is 49.3. The third-order valence-electron chi connectivity index (χ3n) is 21.5. The monoisotopic (exact) mass is 1580 g/mol. The number of carbonyl (C=O) groups is 8. The van der Waals surface area contributed by atoms with Gasteiger partial charge in [0.1, 0.15) is 36.8 Å². The number of nitro groups is 2. The standard InChI is InChI=1S/C42H32N4O12.C42H56N4O8Si2/c1-42(25-55-41(50)57-33-18-14-31(15-19-33)46(53)54)24-35-34(23-29-22-28(20-21-43-29)39(48)56-32-16-12-30(13-17-32)45(51)52)38(47)44(35)37(42)40(49)58-36(26-8-4-2-5-9-26)27-10-6-3-7-11-27;1-40(2,3)55(8,9)53-44-36(47)30-22-23-43-31(24-30)25-32-33-26-42(7,27-51-39(50)45-54-56(10,11)41(4,5)6)35(46(33)37(32)48)38(49)52-34(28-18-14-12-15-19-28)29-20-16-13-17-21-29/h2-23,35-37H,24-25H2,1H3;12-25,33-35H,26-27H2,1-11H3,(H,44,47)(H,45,50)/b34-23+;32-25+/t35?,37-,42-;33?,35-,42-/m00/s1. The van der Waals surface area contributed by atoms with Crippen LogP contribution in [0.3, 0.4) is 0 Å². The lowest BCUT2D eigenvalue weighted by atomic mass is 9.81. The number of fused-ring (bicyclic) bond motifs is 2. The molecule has 4 aliphatic heterocycles. The van der Waals surface area contributed by atoms with E-state index in [0.29, 0.717) is 34.4 Å². The molecule has 8 aromatic rings. The van der Waals surface area contributed by atoms with Gasteiger partial charge in [-0.05, 0) is 132 Å². The molecule has 4 saturated heterocycles. The van der Waals surface area contributed by atoms with E-state index < -0.39 is 116 Å². The Balaban J connectivity index is 0.000000225. The number of aromatic nitrogens is 2. The number of rotatable bonds is 24. The second kappa shape index (κ2) is 33.9. The zero-order valence-electron chi connectivity index (χ0n) is 64.9. The second-order valence-electron chi connectivity index (χ2n) is 31.8. The van der Waals surface area contributed by atoms with Crippen molar-refractivity contribution in [2.24, 2.45) is 10.8 Å². The summed E-state index contributed by atoms with van der Waals surface area (Å²) >= 11 is 0. The van der Waals surface area contributed by atoms with Crippen LogP contribution in [0.1, 0.15) is 135 Å². The molecule has 0 spiro atoms. The summed E-state index contributed by atoms with van der Waals surface area (Å²) in [5, 5.41) is 21.7. The Hall–Kier alpha value is -12.4. The largest absolute Gasteiger partial charge is 0.513 e. The fourth-order valence-electron chi connectivity index (χ4n) is 13.1. The molecule has 28 nitrogen and oxygen atoms in total. The minimum atomic E-state index is -2.34. The number of non-ortho nitro benzene ring substituents is 2. The van der Waals surface area contributed by atoms with E-state index >= 15 is 0 Å². The first-order valence-electron chi connectivity index (χ1n) is 36.7. The number of nitrogens with one attached hydrogen (secondary N) is 2. The third kappa shape index (κ3) is 18.7. The van der Waals surface area contributed by atoms with E-state index in [4.69, 9.17) is 37.5 Å². The molecule has 0 aliphatic carbocycles. The molecule has 0 bridgehead atoms. The average Bonchev–Trinajstić information content (AvgIpc) is 1.56. The summed E-state index contributed by atoms with van der Waals surface area (Å²) in [5.74, 6) is -3.35. The van der Waals surface area contributed by atoms with Gasteiger partial charge in [0.25, 0.3) is 29.1 Å². The molecule has 2 aromatic heterocycles. The van der Waals surface area contributed by atoms with Gasteiger partial charge in [0.2, 0.25) is 16.6 Å². The van der Waals surface area contributed by atoms with Gasteiger partial charge < -0.3 is 47.3 Å². The number of hydrogen-bond donors (Lipinski definition) is 2. The van der Waals surface area contributed by atoms with Crippen molar-refractivity contribution >= 4 is 88.0 Å². The molecule has 4 amide bonds. The van der Waals surface area contributed by atoms with E-state index in [1.807, 2.05) is 154 Å². The quantitative estimate of drug-likeness (QED) is 0.00653. The van der Waals surface area contributed by atoms with Crippen molar-refractivity contribution in [3.63, 3.8) is 0 Å². The summed E-state index contributed by atoms with van der Waals surface area (Å²) in [7, 11) is -4.61. The van der Waals surface area contributed by atoms with Crippen LogP contribution in [-0.4, -0.2) is 132 Å². The Morgan fingerprint density at radius 3 is 1.26 bits per heavy atom. The summed E-state index contributed by atoms with van der Waals surface area (Å²) in [5.41, 5.74) is 7.11. The Labute approximate surface area is 660 Å².